The van der Waals surface area contributed by atoms with E-state index in [1.807, 2.05) is 18.2 Å². The molecule has 0 radical (unpaired) electrons. The number of amides is 1. The van der Waals surface area contributed by atoms with Gasteiger partial charge < -0.3 is 5.32 Å². The van der Waals surface area contributed by atoms with E-state index >= 15 is 0 Å². The van der Waals surface area contributed by atoms with Crippen molar-refractivity contribution in [1.29, 1.82) is 5.26 Å². The monoisotopic (exact) mass is 521 g/mol. The maximum absolute atomic E-state index is 12.5. The van der Waals surface area contributed by atoms with Crippen LogP contribution in [0.25, 0.3) is 0 Å². The van der Waals surface area contributed by atoms with Crippen molar-refractivity contribution in [1.82, 2.24) is 4.90 Å². The number of anilines is 1. The fraction of sp³-hybridized carbons (Fsp3) is 0.217. The summed E-state index contributed by atoms with van der Waals surface area (Å²) in [5.74, 6) is -1.38. The van der Waals surface area contributed by atoms with Gasteiger partial charge in [-0.15, -0.1) is 23.7 Å². The van der Waals surface area contributed by atoms with Gasteiger partial charge >= 0.3 is 0 Å². The van der Waals surface area contributed by atoms with Crippen LogP contribution >= 0.6 is 35.3 Å². The lowest BCUT2D eigenvalue weighted by atomic mass is 10.0. The van der Waals surface area contributed by atoms with Crippen LogP contribution in [0.4, 0.5) is 5.00 Å². The molecule has 2 aromatic carbocycles. The van der Waals surface area contributed by atoms with Gasteiger partial charge in [0.1, 0.15) is 16.8 Å². The first-order chi connectivity index (χ1) is 15.4. The second kappa shape index (κ2) is 10.7. The molecule has 33 heavy (non-hydrogen) atoms. The van der Waals surface area contributed by atoms with E-state index in [-0.39, 0.29) is 17.3 Å². The third-order valence-electron chi connectivity index (χ3n) is 5.24. The minimum Gasteiger partial charge on any atom is -0.316 e. The number of thiophene rings is 1. The molecule has 3 aromatic rings. The number of nitriles is 1. The Hall–Kier alpha value is -2.41. The second-order valence-electron chi connectivity index (χ2n) is 7.53. The molecule has 6 nitrogen and oxygen atoms in total. The number of rotatable bonds is 6. The lowest BCUT2D eigenvalue weighted by Gasteiger charge is -2.26. The summed E-state index contributed by atoms with van der Waals surface area (Å²) in [5, 5.41) is 13.2. The number of benzene rings is 2. The van der Waals surface area contributed by atoms with Crippen molar-refractivity contribution in [3.05, 3.63) is 81.2 Å². The number of fused-ring (bicyclic) bond motifs is 1. The molecule has 4 rings (SSSR count). The van der Waals surface area contributed by atoms with Crippen molar-refractivity contribution in [2.24, 2.45) is 0 Å². The van der Waals surface area contributed by atoms with Crippen LogP contribution in [0.1, 0.15) is 21.6 Å². The summed E-state index contributed by atoms with van der Waals surface area (Å²) in [4.78, 5) is 15.9. The van der Waals surface area contributed by atoms with Gasteiger partial charge in [0.05, 0.1) is 10.5 Å². The Kier molecular flexibility index (Phi) is 8.16. The summed E-state index contributed by atoms with van der Waals surface area (Å²) in [7, 11) is -3.82. The zero-order chi connectivity index (χ0) is 22.7. The highest BCUT2D eigenvalue weighted by atomic mass is 35.5. The van der Waals surface area contributed by atoms with E-state index in [0.717, 1.165) is 23.5 Å². The molecule has 172 valence electrons. The minimum absolute atomic E-state index is 0. The Balaban J connectivity index is 0.00000306. The zero-order valence-electron chi connectivity index (χ0n) is 17.5. The number of hydrogen-bond acceptors (Lipinski definition) is 6. The standard InChI is InChI=1S/C23H20ClN3O3S2.ClH/c24-17-6-8-18(9-7-17)32(29,30)15-22(28)26-23-20(12-25)19-10-11-27(14-21(19)31-23)13-16-4-2-1-3-5-16;/h1-9H,10-11,13-15H2,(H,26,28);1H. The van der Waals surface area contributed by atoms with Crippen molar-refractivity contribution in [2.45, 2.75) is 24.4 Å². The highest BCUT2D eigenvalue weighted by Gasteiger charge is 2.26. The molecule has 1 aromatic heterocycles. The van der Waals surface area contributed by atoms with Crippen molar-refractivity contribution in [2.75, 3.05) is 17.6 Å². The van der Waals surface area contributed by atoms with Gasteiger partial charge in [0.15, 0.2) is 9.84 Å². The molecule has 0 aliphatic carbocycles. The normalized spacial score (nSPS) is 13.5. The smallest absolute Gasteiger partial charge is 0.240 e. The SMILES string of the molecule is Cl.N#Cc1c(NC(=O)CS(=O)(=O)c2ccc(Cl)cc2)sc2c1CCN(Cc1ccccc1)C2. The first-order valence-electron chi connectivity index (χ1n) is 9.95. The molecule has 1 aliphatic rings. The highest BCUT2D eigenvalue weighted by molar-refractivity contribution is 7.92. The fourth-order valence-electron chi connectivity index (χ4n) is 3.70. The molecule has 0 saturated heterocycles. The van der Waals surface area contributed by atoms with Gasteiger partial charge in [-0.2, -0.15) is 5.26 Å². The molecule has 0 spiro atoms. The van der Waals surface area contributed by atoms with Gasteiger partial charge in [-0.3, -0.25) is 9.69 Å². The minimum atomic E-state index is -3.82. The maximum atomic E-state index is 12.5. The predicted octanol–water partition coefficient (Wildman–Crippen LogP) is 4.67. The molecular formula is C23H21Cl2N3O3S2. The molecule has 2 heterocycles. The van der Waals surface area contributed by atoms with E-state index in [2.05, 4.69) is 28.4 Å². The predicted molar refractivity (Wildman–Crippen MR) is 133 cm³/mol. The third kappa shape index (κ3) is 5.94. The summed E-state index contributed by atoms with van der Waals surface area (Å²) in [6.07, 6.45) is 0.709. The van der Waals surface area contributed by atoms with Gasteiger partial charge in [-0.25, -0.2) is 8.42 Å². The number of nitrogens with one attached hydrogen (secondary N) is 1. The molecule has 0 bridgehead atoms. The van der Waals surface area contributed by atoms with Crippen LogP contribution in [0, 0.1) is 11.3 Å². The average Bonchev–Trinajstić information content (AvgIpc) is 3.10. The molecule has 1 amide bonds. The van der Waals surface area contributed by atoms with Crippen molar-refractivity contribution in [3.63, 3.8) is 0 Å². The molecule has 0 saturated carbocycles. The number of carbonyl (C=O) groups excluding carboxylic acids is 1. The molecule has 0 unspecified atom stereocenters. The first-order valence-corrected chi connectivity index (χ1v) is 12.8. The topological polar surface area (TPSA) is 90.3 Å². The molecule has 1 aliphatic heterocycles. The van der Waals surface area contributed by atoms with Crippen LogP contribution in [0.3, 0.4) is 0 Å². The lowest BCUT2D eigenvalue weighted by molar-refractivity contribution is -0.113. The number of halogens is 2. The number of sulfone groups is 1. The van der Waals surface area contributed by atoms with Crippen LogP contribution in [0.5, 0.6) is 0 Å². The summed E-state index contributed by atoms with van der Waals surface area (Å²) in [6.45, 7) is 2.30. The quantitative estimate of drug-likeness (QED) is 0.509. The molecule has 1 N–H and O–H groups in total. The number of carbonyl (C=O) groups is 1. The van der Waals surface area contributed by atoms with Crippen molar-refractivity contribution < 1.29 is 13.2 Å². The molecule has 0 fully saturated rings. The molecule has 10 heteroatoms. The molecular weight excluding hydrogens is 501 g/mol. The lowest BCUT2D eigenvalue weighted by Crippen LogP contribution is -2.29. The van der Waals surface area contributed by atoms with Crippen molar-refractivity contribution in [3.8, 4) is 6.07 Å². The highest BCUT2D eigenvalue weighted by Crippen LogP contribution is 2.37. The van der Waals surface area contributed by atoms with Crippen LogP contribution in [0.15, 0.2) is 59.5 Å². The summed E-state index contributed by atoms with van der Waals surface area (Å²) in [6, 6.07) is 18.0. The van der Waals surface area contributed by atoms with Gasteiger partial charge in [-0.1, -0.05) is 41.9 Å². The van der Waals surface area contributed by atoms with Crippen molar-refractivity contribution >= 4 is 56.1 Å². The Morgan fingerprint density at radius 3 is 2.52 bits per heavy atom. The summed E-state index contributed by atoms with van der Waals surface area (Å²) in [5.41, 5.74) is 2.59. The van der Waals surface area contributed by atoms with Gasteiger partial charge in [0.2, 0.25) is 5.91 Å². The Morgan fingerprint density at radius 2 is 1.85 bits per heavy atom. The Bertz CT molecular complexity index is 1280. The maximum Gasteiger partial charge on any atom is 0.240 e. The van der Waals surface area contributed by atoms with Crippen LogP contribution < -0.4 is 5.32 Å². The number of nitrogens with zero attached hydrogens (tertiary/aromatic N) is 2. The fourth-order valence-corrected chi connectivity index (χ4v) is 6.22. The Morgan fingerprint density at radius 1 is 1.15 bits per heavy atom. The summed E-state index contributed by atoms with van der Waals surface area (Å²) < 4.78 is 25.1. The second-order valence-corrected chi connectivity index (χ2v) is 11.1. The van der Waals surface area contributed by atoms with E-state index in [9.17, 15) is 18.5 Å². The van der Waals surface area contributed by atoms with E-state index in [0.29, 0.717) is 28.6 Å². The van der Waals surface area contributed by atoms with Gasteiger partial charge in [0.25, 0.3) is 0 Å². The average molecular weight is 522 g/mol. The Labute approximate surface area is 208 Å². The van der Waals surface area contributed by atoms with E-state index < -0.39 is 21.5 Å². The van der Waals surface area contributed by atoms with Crippen LogP contribution in [0.2, 0.25) is 5.02 Å². The van der Waals surface area contributed by atoms with E-state index in [4.69, 9.17) is 11.6 Å². The third-order valence-corrected chi connectivity index (χ3v) is 8.26. The van der Waals surface area contributed by atoms with Gasteiger partial charge in [-0.05, 0) is 41.8 Å². The van der Waals surface area contributed by atoms with Crippen LogP contribution in [-0.4, -0.2) is 31.5 Å². The first kappa shape index (κ1) is 25.2. The largest absolute Gasteiger partial charge is 0.316 e. The zero-order valence-corrected chi connectivity index (χ0v) is 20.7. The van der Waals surface area contributed by atoms with Gasteiger partial charge in [0, 0.05) is 29.5 Å². The van der Waals surface area contributed by atoms with E-state index in [1.54, 1.807) is 0 Å². The van der Waals surface area contributed by atoms with Crippen LogP contribution in [-0.2, 0) is 34.1 Å². The summed E-state index contributed by atoms with van der Waals surface area (Å²) >= 11 is 7.15. The number of hydrogen-bond donors (Lipinski definition) is 1. The molecule has 0 atom stereocenters. The van der Waals surface area contributed by atoms with E-state index in [1.165, 1.54) is 41.2 Å².